The summed E-state index contributed by atoms with van der Waals surface area (Å²) >= 11 is 0. The van der Waals surface area contributed by atoms with Gasteiger partial charge in [-0.3, -0.25) is 14.4 Å². The molecule has 220 valence electrons. The maximum Gasteiger partial charge on any atom is 0.309 e. The van der Waals surface area contributed by atoms with Crippen molar-refractivity contribution in [1.82, 2.24) is 10.2 Å². The minimum absolute atomic E-state index is 0.00823. The van der Waals surface area contributed by atoms with Crippen LogP contribution in [0.1, 0.15) is 36.0 Å². The Bertz CT molecular complexity index is 1300. The van der Waals surface area contributed by atoms with E-state index >= 15 is 0 Å². The number of rotatable bonds is 10. The lowest BCUT2D eigenvalue weighted by atomic mass is 9.94. The number of hydrogen-bond acceptors (Lipinski definition) is 5. The molecule has 1 aliphatic rings. The average molecular weight is 569 g/mol. The molecule has 42 heavy (non-hydrogen) atoms. The molecule has 0 fully saturated rings. The first-order chi connectivity index (χ1) is 20.5. The number of allylic oxidation sites excluding steroid dienone is 2. The molecular weight excluding hydrogens is 528 g/mol. The van der Waals surface area contributed by atoms with Gasteiger partial charge in [0.05, 0.1) is 24.5 Å². The molecule has 3 atom stereocenters. The van der Waals surface area contributed by atoms with E-state index < -0.39 is 12.0 Å². The Morgan fingerprint density at radius 2 is 1.33 bits per heavy atom. The van der Waals surface area contributed by atoms with E-state index in [0.29, 0.717) is 32.2 Å². The summed E-state index contributed by atoms with van der Waals surface area (Å²) in [6.45, 7) is 0.423. The highest BCUT2D eigenvalue weighted by molar-refractivity contribution is 5.86. The number of benzene rings is 3. The van der Waals surface area contributed by atoms with Gasteiger partial charge in [0.2, 0.25) is 11.8 Å². The number of cyclic esters (lactones) is 1. The van der Waals surface area contributed by atoms with Gasteiger partial charge >= 0.3 is 5.97 Å². The van der Waals surface area contributed by atoms with Crippen molar-refractivity contribution in [2.45, 2.75) is 44.7 Å². The van der Waals surface area contributed by atoms with Crippen LogP contribution in [-0.4, -0.2) is 53.6 Å². The van der Waals surface area contributed by atoms with E-state index in [-0.39, 0.29) is 49.9 Å². The van der Waals surface area contributed by atoms with Gasteiger partial charge in [0.25, 0.3) is 0 Å². The number of hydrogen-bond donors (Lipinski definition) is 2. The molecule has 4 rings (SSSR count). The van der Waals surface area contributed by atoms with Crippen molar-refractivity contribution >= 4 is 17.8 Å². The SMILES string of the molecule is O=C1N[C@@H](Cc2ccccc2)COC(=O)[C@H](Cc2ccccc2)CC=CC[C@@H]1CC(=O)N(CCO)Cc1ccccc1. The molecule has 0 bridgehead atoms. The highest BCUT2D eigenvalue weighted by atomic mass is 16.5. The molecule has 2 amide bonds. The number of aliphatic hydroxyl groups is 1. The maximum atomic E-state index is 13.6. The fourth-order valence-corrected chi connectivity index (χ4v) is 5.19. The number of ether oxygens (including phenoxy) is 1. The van der Waals surface area contributed by atoms with Crippen molar-refractivity contribution in [3.63, 3.8) is 0 Å². The van der Waals surface area contributed by atoms with E-state index in [4.69, 9.17) is 4.74 Å². The first-order valence-electron chi connectivity index (χ1n) is 14.6. The second-order valence-corrected chi connectivity index (χ2v) is 10.8. The van der Waals surface area contributed by atoms with E-state index in [0.717, 1.165) is 16.7 Å². The Morgan fingerprint density at radius 3 is 1.93 bits per heavy atom. The zero-order chi connectivity index (χ0) is 29.6. The lowest BCUT2D eigenvalue weighted by Gasteiger charge is -2.26. The second-order valence-electron chi connectivity index (χ2n) is 10.8. The van der Waals surface area contributed by atoms with Crippen molar-refractivity contribution < 1.29 is 24.2 Å². The van der Waals surface area contributed by atoms with Gasteiger partial charge in [0.1, 0.15) is 6.61 Å². The lowest BCUT2D eigenvalue weighted by molar-refractivity contribution is -0.150. The molecule has 0 unspecified atom stereocenters. The zero-order valence-corrected chi connectivity index (χ0v) is 23.9. The van der Waals surface area contributed by atoms with Gasteiger partial charge in [0.15, 0.2) is 0 Å². The van der Waals surface area contributed by atoms with Crippen LogP contribution < -0.4 is 5.32 Å². The molecule has 1 heterocycles. The number of amides is 2. The predicted octanol–water partition coefficient (Wildman–Crippen LogP) is 4.49. The molecule has 0 aliphatic carbocycles. The van der Waals surface area contributed by atoms with Crippen molar-refractivity contribution in [2.75, 3.05) is 19.8 Å². The molecule has 7 nitrogen and oxygen atoms in total. The maximum absolute atomic E-state index is 13.6. The summed E-state index contributed by atoms with van der Waals surface area (Å²) in [7, 11) is 0. The molecular formula is C35H40N2O5. The smallest absolute Gasteiger partial charge is 0.309 e. The van der Waals surface area contributed by atoms with Crippen LogP contribution in [0.2, 0.25) is 0 Å². The quantitative estimate of drug-likeness (QED) is 0.278. The lowest BCUT2D eigenvalue weighted by Crippen LogP contribution is -2.45. The molecule has 7 heteroatoms. The van der Waals surface area contributed by atoms with Crippen LogP contribution in [0.25, 0.3) is 0 Å². The van der Waals surface area contributed by atoms with Crippen molar-refractivity contribution in [1.29, 1.82) is 0 Å². The molecule has 0 radical (unpaired) electrons. The third-order valence-electron chi connectivity index (χ3n) is 7.49. The summed E-state index contributed by atoms with van der Waals surface area (Å²) in [5, 5.41) is 12.7. The van der Waals surface area contributed by atoms with Gasteiger partial charge in [-0.1, -0.05) is 103 Å². The topological polar surface area (TPSA) is 95.9 Å². The van der Waals surface area contributed by atoms with Crippen molar-refractivity contribution in [2.24, 2.45) is 11.8 Å². The van der Waals surface area contributed by atoms with Crippen LogP contribution in [0, 0.1) is 11.8 Å². The van der Waals surface area contributed by atoms with Crippen LogP contribution in [0.3, 0.4) is 0 Å². The molecule has 3 aromatic rings. The van der Waals surface area contributed by atoms with Crippen LogP contribution in [0.5, 0.6) is 0 Å². The summed E-state index contributed by atoms with van der Waals surface area (Å²) in [5.41, 5.74) is 3.02. The minimum Gasteiger partial charge on any atom is -0.463 e. The number of nitrogens with zero attached hydrogens (tertiary/aromatic N) is 1. The van der Waals surface area contributed by atoms with Crippen LogP contribution >= 0.6 is 0 Å². The number of nitrogens with one attached hydrogen (secondary N) is 1. The third-order valence-corrected chi connectivity index (χ3v) is 7.49. The fraction of sp³-hybridized carbons (Fsp3) is 0.343. The van der Waals surface area contributed by atoms with Crippen LogP contribution in [0.4, 0.5) is 0 Å². The average Bonchev–Trinajstić information content (AvgIpc) is 3.01. The molecule has 2 N–H and O–H groups in total. The van der Waals surface area contributed by atoms with Crippen LogP contribution in [0.15, 0.2) is 103 Å². The van der Waals surface area contributed by atoms with Gasteiger partial charge < -0.3 is 20.1 Å². The van der Waals surface area contributed by atoms with Gasteiger partial charge in [-0.05, 0) is 42.4 Å². The summed E-state index contributed by atoms with van der Waals surface area (Å²) in [6.07, 6.45) is 5.70. The third kappa shape index (κ3) is 9.70. The van der Waals surface area contributed by atoms with Gasteiger partial charge in [0, 0.05) is 19.5 Å². The van der Waals surface area contributed by atoms with Gasteiger partial charge in [-0.15, -0.1) is 0 Å². The van der Waals surface area contributed by atoms with E-state index in [1.54, 1.807) is 4.90 Å². The first-order valence-corrected chi connectivity index (χ1v) is 14.6. The monoisotopic (exact) mass is 568 g/mol. The normalized spacial score (nSPS) is 19.6. The molecule has 3 aromatic carbocycles. The Kier molecular flexibility index (Phi) is 11.9. The molecule has 0 aromatic heterocycles. The highest BCUT2D eigenvalue weighted by Gasteiger charge is 2.28. The highest BCUT2D eigenvalue weighted by Crippen LogP contribution is 2.20. The van der Waals surface area contributed by atoms with Gasteiger partial charge in [-0.2, -0.15) is 0 Å². The van der Waals surface area contributed by atoms with E-state index in [1.807, 2.05) is 103 Å². The second kappa shape index (κ2) is 16.3. The Labute approximate surface area is 248 Å². The molecule has 0 spiro atoms. The molecule has 1 aliphatic heterocycles. The number of aliphatic hydroxyl groups excluding tert-OH is 1. The minimum atomic E-state index is -0.605. The number of carbonyl (C=O) groups is 3. The van der Waals surface area contributed by atoms with E-state index in [2.05, 4.69) is 5.32 Å². The largest absolute Gasteiger partial charge is 0.463 e. The number of carbonyl (C=O) groups excluding carboxylic acids is 3. The first kappa shape index (κ1) is 30.7. The van der Waals surface area contributed by atoms with Crippen LogP contribution in [-0.2, 0) is 38.5 Å². The zero-order valence-electron chi connectivity index (χ0n) is 23.9. The van der Waals surface area contributed by atoms with E-state index in [9.17, 15) is 19.5 Å². The van der Waals surface area contributed by atoms with E-state index in [1.165, 1.54) is 0 Å². The summed E-state index contributed by atoms with van der Waals surface area (Å²) in [5.74, 6) is -1.70. The van der Waals surface area contributed by atoms with Crippen molar-refractivity contribution in [3.05, 3.63) is 120 Å². The number of esters is 1. The Hall–Kier alpha value is -4.23. The Balaban J connectivity index is 1.53. The predicted molar refractivity (Wildman–Crippen MR) is 162 cm³/mol. The molecule has 0 saturated heterocycles. The summed E-state index contributed by atoms with van der Waals surface area (Å²) < 4.78 is 5.80. The Morgan fingerprint density at radius 1 is 0.786 bits per heavy atom. The summed E-state index contributed by atoms with van der Waals surface area (Å²) in [4.78, 5) is 41.8. The standard InChI is InChI=1S/C35H40N2O5/c38-21-20-37(25-29-16-8-3-9-17-29)33(39)24-30-18-10-11-19-31(22-27-12-4-1-5-13-27)35(41)42-26-32(36-34(30)40)23-28-14-6-2-7-15-28/h1-17,30-32,38H,18-26H2,(H,36,40)/t30-,31+,32+/m1/s1. The van der Waals surface area contributed by atoms with Crippen molar-refractivity contribution in [3.8, 4) is 0 Å². The summed E-state index contributed by atoms with van der Waals surface area (Å²) in [6, 6.07) is 28.8. The van der Waals surface area contributed by atoms with Gasteiger partial charge in [-0.25, -0.2) is 0 Å². The molecule has 0 saturated carbocycles. The fourth-order valence-electron chi connectivity index (χ4n) is 5.19.